The predicted molar refractivity (Wildman–Crippen MR) is 107 cm³/mol. The molecule has 0 fully saturated rings. The maximum Gasteiger partial charge on any atom is 0.110 e. The molecule has 26 heavy (non-hydrogen) atoms. The Bertz CT molecular complexity index is 1020. The zero-order valence-corrected chi connectivity index (χ0v) is 14.9. The molecule has 128 valence electrons. The van der Waals surface area contributed by atoms with Gasteiger partial charge in [-0.3, -0.25) is 0 Å². The Morgan fingerprint density at radius 2 is 1.50 bits per heavy atom. The van der Waals surface area contributed by atoms with E-state index < -0.39 is 0 Å². The van der Waals surface area contributed by atoms with Crippen molar-refractivity contribution >= 4 is 28.4 Å². The lowest BCUT2D eigenvalue weighted by Gasteiger charge is -2.30. The number of azo groups is 1. The lowest BCUT2D eigenvalue weighted by molar-refractivity contribution is 0.686. The summed E-state index contributed by atoms with van der Waals surface area (Å²) in [6.45, 7) is 2.10. The lowest BCUT2D eigenvalue weighted by atomic mass is 9.89. The van der Waals surface area contributed by atoms with Crippen LogP contribution in [0.15, 0.2) is 70.9 Å². The zero-order valence-electron chi connectivity index (χ0n) is 14.9. The Kier molecular flexibility index (Phi) is 3.59. The molecule has 3 nitrogen and oxygen atoms in total. The molecule has 0 spiro atoms. The van der Waals surface area contributed by atoms with Crippen molar-refractivity contribution in [1.29, 1.82) is 0 Å². The van der Waals surface area contributed by atoms with Gasteiger partial charge in [0.1, 0.15) is 11.4 Å². The number of para-hydroxylation sites is 1. The van der Waals surface area contributed by atoms with Crippen LogP contribution in [0.1, 0.15) is 29.5 Å². The summed E-state index contributed by atoms with van der Waals surface area (Å²) in [6, 6.07) is 21.5. The molecule has 1 heterocycles. The Hall–Kier alpha value is -2.94. The number of benzene rings is 3. The summed E-state index contributed by atoms with van der Waals surface area (Å²) in [4.78, 5) is 2.36. The van der Waals surface area contributed by atoms with Crippen LogP contribution in [-0.2, 0) is 12.8 Å². The Morgan fingerprint density at radius 3 is 2.46 bits per heavy atom. The lowest BCUT2D eigenvalue weighted by Crippen LogP contribution is -2.15. The minimum Gasteiger partial charge on any atom is -0.306 e. The molecule has 3 heteroatoms. The van der Waals surface area contributed by atoms with E-state index in [-0.39, 0.29) is 0 Å². The number of nitrogens with zero attached hydrogens (tertiary/aromatic N) is 3. The van der Waals surface area contributed by atoms with Crippen LogP contribution in [0, 0.1) is 6.92 Å². The van der Waals surface area contributed by atoms with Crippen molar-refractivity contribution in [1.82, 2.24) is 0 Å². The molecule has 0 N–H and O–H groups in total. The Labute approximate surface area is 154 Å². The number of hydrogen-bond donors (Lipinski definition) is 0. The number of hydrogen-bond acceptors (Lipinski definition) is 3. The van der Waals surface area contributed by atoms with Gasteiger partial charge in [-0.2, -0.15) is 0 Å². The number of anilines is 3. The van der Waals surface area contributed by atoms with Gasteiger partial charge in [0.05, 0.1) is 11.4 Å². The molecule has 0 bridgehead atoms. The van der Waals surface area contributed by atoms with Crippen molar-refractivity contribution in [2.45, 2.75) is 32.6 Å². The third kappa shape index (κ3) is 2.43. The number of fused-ring (bicyclic) bond motifs is 3. The first-order chi connectivity index (χ1) is 12.8. The van der Waals surface area contributed by atoms with Crippen LogP contribution in [-0.4, -0.2) is 0 Å². The second kappa shape index (κ2) is 6.10. The van der Waals surface area contributed by atoms with E-state index in [4.69, 9.17) is 0 Å². The molecule has 0 unspecified atom stereocenters. The summed E-state index contributed by atoms with van der Waals surface area (Å²) in [6.07, 6.45) is 4.86. The van der Waals surface area contributed by atoms with Gasteiger partial charge in [-0.15, -0.1) is 10.2 Å². The highest BCUT2D eigenvalue weighted by atomic mass is 15.2. The standard InChI is InChI=1S/C23H21N3/c1-16-13-14-23-20(15-16)25-24-19-10-4-5-11-22(19)26(23)21-12-6-8-17-7-2-3-9-18(17)21/h4-6,8,10-15H,2-3,7,9H2,1H3. The summed E-state index contributed by atoms with van der Waals surface area (Å²) in [7, 11) is 0. The third-order valence-electron chi connectivity index (χ3n) is 5.37. The highest BCUT2D eigenvalue weighted by Gasteiger charge is 2.25. The average Bonchev–Trinajstić information content (AvgIpc) is 2.84. The molecule has 0 amide bonds. The fourth-order valence-corrected chi connectivity index (χ4v) is 4.11. The van der Waals surface area contributed by atoms with E-state index in [1.165, 1.54) is 41.6 Å². The summed E-state index contributed by atoms with van der Waals surface area (Å²) < 4.78 is 0. The Balaban J connectivity index is 1.80. The van der Waals surface area contributed by atoms with Gasteiger partial charge in [0.2, 0.25) is 0 Å². The van der Waals surface area contributed by atoms with E-state index in [0.29, 0.717) is 0 Å². The molecular formula is C23H21N3. The summed E-state index contributed by atoms with van der Waals surface area (Å²) in [5, 5.41) is 9.10. The molecule has 0 radical (unpaired) electrons. The first-order valence-electron chi connectivity index (χ1n) is 9.33. The SMILES string of the molecule is Cc1ccc2c(c1)N=Nc1ccccc1N2c1cccc2c1CCCC2. The largest absolute Gasteiger partial charge is 0.306 e. The Morgan fingerprint density at radius 1 is 0.731 bits per heavy atom. The maximum atomic E-state index is 4.56. The van der Waals surface area contributed by atoms with Crippen LogP contribution in [0.2, 0.25) is 0 Å². The van der Waals surface area contributed by atoms with Crippen molar-refractivity contribution in [3.05, 3.63) is 77.4 Å². The minimum atomic E-state index is 0.912. The van der Waals surface area contributed by atoms with Gasteiger partial charge in [-0.25, -0.2) is 0 Å². The molecular weight excluding hydrogens is 318 g/mol. The summed E-state index contributed by atoms with van der Waals surface area (Å²) in [5.74, 6) is 0. The van der Waals surface area contributed by atoms with Crippen molar-refractivity contribution in [3.8, 4) is 0 Å². The zero-order chi connectivity index (χ0) is 17.5. The van der Waals surface area contributed by atoms with Gasteiger partial charge in [0.25, 0.3) is 0 Å². The molecule has 1 aliphatic heterocycles. The van der Waals surface area contributed by atoms with Crippen LogP contribution in [0.3, 0.4) is 0 Å². The quantitative estimate of drug-likeness (QED) is 0.364. The van der Waals surface area contributed by atoms with Crippen molar-refractivity contribution in [3.63, 3.8) is 0 Å². The normalized spacial score (nSPS) is 15.0. The predicted octanol–water partition coefficient (Wildman–Crippen LogP) is 7.07. The molecule has 0 aromatic heterocycles. The van der Waals surface area contributed by atoms with Crippen molar-refractivity contribution in [2.24, 2.45) is 10.2 Å². The van der Waals surface area contributed by atoms with E-state index >= 15 is 0 Å². The smallest absolute Gasteiger partial charge is 0.110 e. The number of aryl methyl sites for hydroxylation is 2. The molecule has 3 aromatic rings. The molecule has 0 saturated heterocycles. The fourth-order valence-electron chi connectivity index (χ4n) is 4.11. The van der Waals surface area contributed by atoms with Crippen LogP contribution < -0.4 is 4.90 Å². The highest BCUT2D eigenvalue weighted by molar-refractivity contribution is 5.90. The van der Waals surface area contributed by atoms with Crippen LogP contribution >= 0.6 is 0 Å². The van der Waals surface area contributed by atoms with Gasteiger partial charge in [0, 0.05) is 5.69 Å². The van der Waals surface area contributed by atoms with Gasteiger partial charge in [-0.1, -0.05) is 30.3 Å². The first-order valence-corrected chi connectivity index (χ1v) is 9.33. The number of rotatable bonds is 1. The van der Waals surface area contributed by atoms with E-state index in [0.717, 1.165) is 29.2 Å². The fraction of sp³-hybridized carbons (Fsp3) is 0.217. The second-order valence-electron chi connectivity index (χ2n) is 7.14. The summed E-state index contributed by atoms with van der Waals surface area (Å²) >= 11 is 0. The van der Waals surface area contributed by atoms with E-state index in [1.807, 2.05) is 12.1 Å². The molecule has 1 aliphatic carbocycles. The summed E-state index contributed by atoms with van der Waals surface area (Å²) in [5.41, 5.74) is 9.46. The van der Waals surface area contributed by atoms with Crippen molar-refractivity contribution in [2.75, 3.05) is 4.90 Å². The molecule has 5 rings (SSSR count). The minimum absolute atomic E-state index is 0.912. The van der Waals surface area contributed by atoms with Crippen molar-refractivity contribution < 1.29 is 0 Å². The molecule has 2 aliphatic rings. The van der Waals surface area contributed by atoms with Gasteiger partial charge >= 0.3 is 0 Å². The van der Waals surface area contributed by atoms with E-state index in [9.17, 15) is 0 Å². The molecule has 3 aromatic carbocycles. The second-order valence-corrected chi connectivity index (χ2v) is 7.14. The average molecular weight is 339 g/mol. The van der Waals surface area contributed by atoms with E-state index in [1.54, 1.807) is 0 Å². The molecule has 0 atom stereocenters. The van der Waals surface area contributed by atoms with Crippen LogP contribution in [0.4, 0.5) is 28.4 Å². The van der Waals surface area contributed by atoms with Gasteiger partial charge < -0.3 is 4.90 Å². The van der Waals surface area contributed by atoms with E-state index in [2.05, 4.69) is 70.6 Å². The van der Waals surface area contributed by atoms with Crippen LogP contribution in [0.5, 0.6) is 0 Å². The van der Waals surface area contributed by atoms with Gasteiger partial charge in [-0.05, 0) is 79.6 Å². The first kappa shape index (κ1) is 15.3. The monoisotopic (exact) mass is 339 g/mol. The van der Waals surface area contributed by atoms with Crippen LogP contribution in [0.25, 0.3) is 0 Å². The topological polar surface area (TPSA) is 28.0 Å². The highest BCUT2D eigenvalue weighted by Crippen LogP contribution is 2.49. The molecule has 0 saturated carbocycles. The maximum absolute atomic E-state index is 4.56. The third-order valence-corrected chi connectivity index (χ3v) is 5.37. The van der Waals surface area contributed by atoms with Gasteiger partial charge in [0.15, 0.2) is 0 Å².